The van der Waals surface area contributed by atoms with Crippen LogP contribution in [-0.4, -0.2) is 50.7 Å². The number of amides is 1. The zero-order valence-electron chi connectivity index (χ0n) is 20.0. The van der Waals surface area contributed by atoms with E-state index in [-0.39, 0.29) is 18.0 Å². The minimum Gasteiger partial charge on any atom is -0.454 e. The fourth-order valence-electron chi connectivity index (χ4n) is 4.36. The van der Waals surface area contributed by atoms with Gasteiger partial charge in [-0.1, -0.05) is 54.6 Å². The van der Waals surface area contributed by atoms with E-state index < -0.39 is 0 Å². The number of carbonyl (C=O) groups is 1. The first-order valence-corrected chi connectivity index (χ1v) is 13.0. The Kier molecular flexibility index (Phi) is 7.54. The van der Waals surface area contributed by atoms with Crippen molar-refractivity contribution in [2.75, 3.05) is 19.9 Å². The number of piperidine rings is 1. The van der Waals surface area contributed by atoms with Crippen molar-refractivity contribution in [3.05, 3.63) is 65.5 Å². The first-order chi connectivity index (χ1) is 17.2. The normalized spacial score (nSPS) is 16.3. The molecule has 0 aliphatic carbocycles. The van der Waals surface area contributed by atoms with Gasteiger partial charge < -0.3 is 19.4 Å². The lowest BCUT2D eigenvalue weighted by Gasteiger charge is -2.26. The summed E-state index contributed by atoms with van der Waals surface area (Å²) in [7, 11) is 0. The van der Waals surface area contributed by atoms with E-state index in [9.17, 15) is 4.79 Å². The maximum atomic E-state index is 12.9. The lowest BCUT2D eigenvalue weighted by molar-refractivity contribution is -0.120. The molecule has 8 nitrogen and oxygen atoms in total. The Balaban J connectivity index is 1.25. The predicted octanol–water partition coefficient (Wildman–Crippen LogP) is 3.84. The summed E-state index contributed by atoms with van der Waals surface area (Å²) in [5.74, 6) is 2.36. The molecule has 2 aromatic carbocycles. The summed E-state index contributed by atoms with van der Waals surface area (Å²) in [6, 6.07) is 16.1. The monoisotopic (exact) mass is 493 g/mol. The number of fused-ring (bicyclic) bond motifs is 1. The SMILES string of the molecule is CC(Sc1nnc(CN2CCCCC2)n1Cc1ccccc1)C(=O)NCc1ccc2c(c1)OCO2. The minimum absolute atomic E-state index is 0.0421. The molecule has 1 atom stereocenters. The highest BCUT2D eigenvalue weighted by atomic mass is 32.2. The standard InChI is InChI=1S/C26H31N5O3S/c1-19(25(32)27-15-21-10-11-22-23(14-21)34-18-33-22)35-26-29-28-24(17-30-12-6-3-7-13-30)31(26)16-20-8-4-2-5-9-20/h2,4-5,8-11,14,19H,3,6-7,12-13,15-18H2,1H3,(H,27,32). The molecule has 1 fully saturated rings. The van der Waals surface area contributed by atoms with Crippen molar-refractivity contribution in [1.29, 1.82) is 0 Å². The van der Waals surface area contributed by atoms with Crippen LogP contribution in [0.1, 0.15) is 43.1 Å². The summed E-state index contributed by atoms with van der Waals surface area (Å²) >= 11 is 1.45. The van der Waals surface area contributed by atoms with Crippen molar-refractivity contribution < 1.29 is 14.3 Å². The number of carbonyl (C=O) groups excluding carboxylic acids is 1. The average Bonchev–Trinajstić information content (AvgIpc) is 3.50. The quantitative estimate of drug-likeness (QED) is 0.454. The summed E-state index contributed by atoms with van der Waals surface area (Å²) < 4.78 is 12.9. The number of ether oxygens (including phenoxy) is 2. The van der Waals surface area contributed by atoms with E-state index in [2.05, 4.69) is 37.1 Å². The maximum Gasteiger partial charge on any atom is 0.233 e. The molecule has 1 saturated heterocycles. The molecule has 1 amide bonds. The van der Waals surface area contributed by atoms with Crippen LogP contribution in [0.5, 0.6) is 11.5 Å². The van der Waals surface area contributed by atoms with Gasteiger partial charge in [-0.3, -0.25) is 9.69 Å². The second-order valence-corrected chi connectivity index (χ2v) is 10.3. The highest BCUT2D eigenvalue weighted by Crippen LogP contribution is 2.32. The van der Waals surface area contributed by atoms with E-state index in [4.69, 9.17) is 9.47 Å². The number of thioether (sulfide) groups is 1. The van der Waals surface area contributed by atoms with Gasteiger partial charge in [0, 0.05) is 6.54 Å². The lowest BCUT2D eigenvalue weighted by Crippen LogP contribution is -2.31. The molecular formula is C26H31N5O3S. The third-order valence-corrected chi connectivity index (χ3v) is 7.43. The number of nitrogens with one attached hydrogen (secondary N) is 1. The number of aromatic nitrogens is 3. The molecule has 9 heteroatoms. The van der Waals surface area contributed by atoms with E-state index >= 15 is 0 Å². The fourth-order valence-corrected chi connectivity index (χ4v) is 5.25. The van der Waals surface area contributed by atoms with Crippen LogP contribution >= 0.6 is 11.8 Å². The zero-order valence-corrected chi connectivity index (χ0v) is 20.8. The van der Waals surface area contributed by atoms with Gasteiger partial charge in [-0.2, -0.15) is 0 Å². The molecule has 1 N–H and O–H groups in total. The number of benzene rings is 2. The van der Waals surface area contributed by atoms with E-state index in [1.807, 2.05) is 43.3 Å². The van der Waals surface area contributed by atoms with Crippen molar-refractivity contribution in [3.63, 3.8) is 0 Å². The van der Waals surface area contributed by atoms with Gasteiger partial charge in [0.05, 0.1) is 18.3 Å². The first kappa shape index (κ1) is 23.7. The topological polar surface area (TPSA) is 81.5 Å². The van der Waals surface area contributed by atoms with Gasteiger partial charge in [-0.25, -0.2) is 0 Å². The number of nitrogens with zero attached hydrogens (tertiary/aromatic N) is 4. The molecule has 3 heterocycles. The van der Waals surface area contributed by atoms with Crippen LogP contribution in [0.25, 0.3) is 0 Å². The van der Waals surface area contributed by atoms with Crippen LogP contribution in [0, 0.1) is 0 Å². The van der Waals surface area contributed by atoms with Gasteiger partial charge in [0.25, 0.3) is 0 Å². The minimum atomic E-state index is -0.314. The first-order valence-electron chi connectivity index (χ1n) is 12.2. The summed E-state index contributed by atoms with van der Waals surface area (Å²) in [6.07, 6.45) is 3.76. The molecule has 3 aromatic rings. The van der Waals surface area contributed by atoms with Gasteiger partial charge in [0.1, 0.15) is 5.82 Å². The molecular weight excluding hydrogens is 462 g/mol. The molecule has 184 valence electrons. The van der Waals surface area contributed by atoms with E-state index in [0.717, 1.165) is 47.7 Å². The van der Waals surface area contributed by atoms with Crippen LogP contribution in [0.2, 0.25) is 0 Å². The third-order valence-electron chi connectivity index (χ3n) is 6.35. The molecule has 0 radical (unpaired) electrons. The van der Waals surface area contributed by atoms with E-state index in [1.165, 1.54) is 36.6 Å². The van der Waals surface area contributed by atoms with E-state index in [1.54, 1.807) is 0 Å². The maximum absolute atomic E-state index is 12.9. The Labute approximate surface area is 210 Å². The summed E-state index contributed by atoms with van der Waals surface area (Å²) in [6.45, 7) is 6.24. The van der Waals surface area contributed by atoms with Gasteiger partial charge >= 0.3 is 0 Å². The summed E-state index contributed by atoms with van der Waals surface area (Å²) in [5, 5.41) is 12.5. The Morgan fingerprint density at radius 1 is 1.00 bits per heavy atom. The number of rotatable bonds is 9. The highest BCUT2D eigenvalue weighted by Gasteiger charge is 2.22. The average molecular weight is 494 g/mol. The molecule has 5 rings (SSSR count). The Bertz CT molecular complexity index is 1150. The molecule has 35 heavy (non-hydrogen) atoms. The second-order valence-electron chi connectivity index (χ2n) is 8.97. The molecule has 1 unspecified atom stereocenters. The molecule has 0 spiro atoms. The van der Waals surface area contributed by atoms with Crippen LogP contribution in [-0.2, 0) is 24.4 Å². The van der Waals surface area contributed by atoms with Crippen LogP contribution in [0.15, 0.2) is 53.7 Å². The van der Waals surface area contributed by atoms with Gasteiger partial charge in [0.2, 0.25) is 12.7 Å². The predicted molar refractivity (Wildman–Crippen MR) is 134 cm³/mol. The van der Waals surface area contributed by atoms with Gasteiger partial charge in [-0.05, 0) is 56.1 Å². The zero-order chi connectivity index (χ0) is 24.0. The number of likely N-dealkylation sites (tertiary alicyclic amines) is 1. The van der Waals surface area contributed by atoms with E-state index in [0.29, 0.717) is 13.1 Å². The highest BCUT2D eigenvalue weighted by molar-refractivity contribution is 8.00. The second kappa shape index (κ2) is 11.1. The Hall–Kier alpha value is -3.04. The van der Waals surface area contributed by atoms with Crippen LogP contribution in [0.4, 0.5) is 0 Å². The van der Waals surface area contributed by atoms with Gasteiger partial charge in [-0.15, -0.1) is 10.2 Å². The number of hydrogen-bond acceptors (Lipinski definition) is 7. The van der Waals surface area contributed by atoms with Crippen LogP contribution < -0.4 is 14.8 Å². The van der Waals surface area contributed by atoms with Crippen LogP contribution in [0.3, 0.4) is 0 Å². The summed E-state index contributed by atoms with van der Waals surface area (Å²) in [4.78, 5) is 15.3. The van der Waals surface area contributed by atoms with Crippen molar-refractivity contribution in [2.45, 2.75) is 56.2 Å². The van der Waals surface area contributed by atoms with Gasteiger partial charge in [0.15, 0.2) is 16.7 Å². The number of hydrogen-bond donors (Lipinski definition) is 1. The largest absolute Gasteiger partial charge is 0.454 e. The molecule has 2 aliphatic rings. The van der Waals surface area contributed by atoms with Crippen molar-refractivity contribution in [1.82, 2.24) is 25.0 Å². The van der Waals surface area contributed by atoms with Crippen molar-refractivity contribution in [3.8, 4) is 11.5 Å². The molecule has 0 bridgehead atoms. The molecule has 1 aromatic heterocycles. The van der Waals surface area contributed by atoms with Crippen molar-refractivity contribution in [2.24, 2.45) is 0 Å². The smallest absolute Gasteiger partial charge is 0.233 e. The molecule has 2 aliphatic heterocycles. The summed E-state index contributed by atoms with van der Waals surface area (Å²) in [5.41, 5.74) is 2.16. The lowest BCUT2D eigenvalue weighted by atomic mass is 10.1. The molecule has 0 saturated carbocycles. The van der Waals surface area contributed by atoms with Crippen molar-refractivity contribution >= 4 is 17.7 Å². The Morgan fingerprint density at radius 2 is 1.80 bits per heavy atom. The fraction of sp³-hybridized carbons (Fsp3) is 0.423. The Morgan fingerprint density at radius 3 is 2.63 bits per heavy atom. The third kappa shape index (κ3) is 5.97.